The van der Waals surface area contributed by atoms with E-state index in [1.165, 1.54) is 6.07 Å². The van der Waals surface area contributed by atoms with Crippen molar-refractivity contribution in [1.29, 1.82) is 0 Å². The zero-order valence-corrected chi connectivity index (χ0v) is 20.4. The number of aromatic nitrogens is 1. The molecule has 2 aromatic carbocycles. The fraction of sp³-hybridized carbons (Fsp3) is 0.133. The van der Waals surface area contributed by atoms with Crippen molar-refractivity contribution in [3.05, 3.63) is 119 Å². The zero-order chi connectivity index (χ0) is 26.5. The normalized spacial score (nSPS) is 15.3. The number of carbonyl (C=O) groups excluding carboxylic acids is 2. The summed E-state index contributed by atoms with van der Waals surface area (Å²) in [4.78, 5) is 33.8. The largest absolute Gasteiger partial charge is 0.366 e. The van der Waals surface area contributed by atoms with Gasteiger partial charge in [0.2, 0.25) is 0 Å². The number of benzene rings is 2. The van der Waals surface area contributed by atoms with E-state index in [9.17, 15) is 18.4 Å². The molecule has 1 aliphatic heterocycles. The molecule has 1 amide bonds. The predicted molar refractivity (Wildman–Crippen MR) is 144 cm³/mol. The van der Waals surface area contributed by atoms with Crippen molar-refractivity contribution in [2.45, 2.75) is 19.4 Å². The first-order chi connectivity index (χ1) is 18.5. The number of ketones is 1. The van der Waals surface area contributed by atoms with E-state index in [-0.39, 0.29) is 18.2 Å². The maximum Gasteiger partial charge on any atom is 0.255 e. The van der Waals surface area contributed by atoms with Gasteiger partial charge in [-0.1, -0.05) is 42.5 Å². The molecule has 1 aliphatic carbocycles. The Hall–Kier alpha value is -4.72. The first-order valence-electron chi connectivity index (χ1n) is 12.2. The third kappa shape index (κ3) is 5.64. The van der Waals surface area contributed by atoms with Crippen LogP contribution in [0.15, 0.2) is 84.1 Å². The van der Waals surface area contributed by atoms with E-state index < -0.39 is 11.6 Å². The minimum absolute atomic E-state index is 0.0486. The van der Waals surface area contributed by atoms with Crippen LogP contribution in [-0.4, -0.2) is 28.9 Å². The highest BCUT2D eigenvalue weighted by Crippen LogP contribution is 2.31. The maximum atomic E-state index is 13.4. The average Bonchev–Trinajstić information content (AvgIpc) is 3.55. The van der Waals surface area contributed by atoms with E-state index in [2.05, 4.69) is 20.6 Å². The number of aliphatic imine (C=N–C) groups is 1. The number of amides is 1. The van der Waals surface area contributed by atoms with Crippen LogP contribution in [0.2, 0.25) is 0 Å². The van der Waals surface area contributed by atoms with Crippen LogP contribution >= 0.6 is 0 Å². The Morgan fingerprint density at radius 1 is 1.08 bits per heavy atom. The number of halogens is 2. The molecular weight excluding hydrogens is 486 g/mol. The van der Waals surface area contributed by atoms with E-state index in [0.29, 0.717) is 35.5 Å². The van der Waals surface area contributed by atoms with Gasteiger partial charge < -0.3 is 10.6 Å². The fourth-order valence-corrected chi connectivity index (χ4v) is 4.35. The lowest BCUT2D eigenvalue weighted by Gasteiger charge is -2.10. The third-order valence-corrected chi connectivity index (χ3v) is 6.24. The highest BCUT2D eigenvalue weighted by Gasteiger charge is 2.25. The molecule has 0 fully saturated rings. The molecule has 5 rings (SSSR count). The monoisotopic (exact) mass is 510 g/mol. The molecule has 0 radical (unpaired) electrons. The number of hydrogen-bond acceptors (Lipinski definition) is 5. The Bertz CT molecular complexity index is 1540. The fourth-order valence-electron chi connectivity index (χ4n) is 4.35. The first-order valence-corrected chi connectivity index (χ1v) is 12.2. The number of fused-ring (bicyclic) bond motifs is 1. The summed E-state index contributed by atoms with van der Waals surface area (Å²) >= 11 is 0. The molecule has 38 heavy (non-hydrogen) atoms. The van der Waals surface area contributed by atoms with Crippen LogP contribution in [0.4, 0.5) is 14.6 Å². The molecule has 1 aromatic heterocycles. The molecule has 0 saturated carbocycles. The highest BCUT2D eigenvalue weighted by atomic mass is 19.2. The number of rotatable bonds is 8. The highest BCUT2D eigenvalue weighted by molar-refractivity contribution is 6.29. The zero-order valence-electron chi connectivity index (χ0n) is 20.4. The van der Waals surface area contributed by atoms with Gasteiger partial charge in [-0.05, 0) is 52.6 Å². The van der Waals surface area contributed by atoms with E-state index in [4.69, 9.17) is 0 Å². The lowest BCUT2D eigenvalue weighted by molar-refractivity contribution is -0.112. The lowest BCUT2D eigenvalue weighted by atomic mass is 10.0. The molecule has 0 saturated heterocycles. The Morgan fingerprint density at radius 2 is 1.97 bits per heavy atom. The molecule has 0 unspecified atom stereocenters. The number of allylic oxidation sites excluding steroid dienone is 3. The summed E-state index contributed by atoms with van der Waals surface area (Å²) in [5, 5.41) is 5.84. The third-order valence-electron chi connectivity index (χ3n) is 6.24. The van der Waals surface area contributed by atoms with Crippen LogP contribution in [0.25, 0.3) is 11.6 Å². The van der Waals surface area contributed by atoms with Crippen LogP contribution < -0.4 is 10.6 Å². The lowest BCUT2D eigenvalue weighted by Crippen LogP contribution is -2.24. The number of nitrogens with one attached hydrogen (secondary N) is 2. The van der Waals surface area contributed by atoms with E-state index in [1.807, 2.05) is 42.5 Å². The molecule has 3 aromatic rings. The summed E-state index contributed by atoms with van der Waals surface area (Å²) in [5.41, 5.74) is 5.29. The van der Waals surface area contributed by atoms with Crippen molar-refractivity contribution in [1.82, 2.24) is 10.3 Å². The van der Waals surface area contributed by atoms with Crippen molar-refractivity contribution in [3.63, 3.8) is 0 Å². The second kappa shape index (κ2) is 11.1. The van der Waals surface area contributed by atoms with Gasteiger partial charge in [0.25, 0.3) is 5.91 Å². The minimum atomic E-state index is -0.962. The Kier molecular flexibility index (Phi) is 7.31. The second-order valence-corrected chi connectivity index (χ2v) is 8.90. The minimum Gasteiger partial charge on any atom is -0.366 e. The molecule has 2 N–H and O–H groups in total. The summed E-state index contributed by atoms with van der Waals surface area (Å²) in [7, 11) is 0. The van der Waals surface area contributed by atoms with Gasteiger partial charge in [0.05, 0.1) is 5.56 Å². The van der Waals surface area contributed by atoms with Crippen molar-refractivity contribution in [2.75, 3.05) is 11.9 Å². The van der Waals surface area contributed by atoms with Gasteiger partial charge in [-0.3, -0.25) is 14.6 Å². The molecule has 0 spiro atoms. The van der Waals surface area contributed by atoms with Crippen LogP contribution in [-0.2, 0) is 17.8 Å². The topological polar surface area (TPSA) is 83.5 Å². The van der Waals surface area contributed by atoms with E-state index in [0.717, 1.165) is 41.0 Å². The van der Waals surface area contributed by atoms with Crippen LogP contribution in [0.5, 0.6) is 0 Å². The summed E-state index contributed by atoms with van der Waals surface area (Å²) in [5.74, 6) is -1.78. The molecule has 6 nitrogen and oxygen atoms in total. The summed E-state index contributed by atoms with van der Waals surface area (Å²) < 4.78 is 26.5. The van der Waals surface area contributed by atoms with Gasteiger partial charge in [-0.25, -0.2) is 13.8 Å². The van der Waals surface area contributed by atoms with Crippen molar-refractivity contribution >= 4 is 34.9 Å². The van der Waals surface area contributed by atoms with Crippen molar-refractivity contribution in [3.8, 4) is 0 Å². The molecular formula is C30H24F2N4O2. The summed E-state index contributed by atoms with van der Waals surface area (Å²) in [6.07, 6.45) is 12.1. The molecule has 8 heteroatoms. The van der Waals surface area contributed by atoms with Crippen LogP contribution in [0, 0.1) is 11.6 Å². The Balaban J connectivity index is 1.20. The molecule has 2 heterocycles. The van der Waals surface area contributed by atoms with E-state index >= 15 is 0 Å². The number of pyridine rings is 1. The quantitative estimate of drug-likeness (QED) is 0.404. The summed E-state index contributed by atoms with van der Waals surface area (Å²) in [6.45, 7) is 0.460. The van der Waals surface area contributed by atoms with Crippen molar-refractivity contribution < 1.29 is 18.4 Å². The predicted octanol–water partition coefficient (Wildman–Crippen LogP) is 5.28. The van der Waals surface area contributed by atoms with Gasteiger partial charge in [0, 0.05) is 49.6 Å². The number of hydrogen-bond donors (Lipinski definition) is 2. The number of Topliss-reactive ketones (excluding diaryl/α,β-unsaturated/α-hetero) is 1. The van der Waals surface area contributed by atoms with Crippen molar-refractivity contribution in [2.24, 2.45) is 4.99 Å². The maximum absolute atomic E-state index is 13.4. The van der Waals surface area contributed by atoms with Gasteiger partial charge >= 0.3 is 0 Å². The van der Waals surface area contributed by atoms with Crippen LogP contribution in [0.1, 0.15) is 39.0 Å². The van der Waals surface area contributed by atoms with Gasteiger partial charge in [-0.2, -0.15) is 0 Å². The standard InChI is InChI=1S/C30H24F2N4O2/c31-26-10-8-20(15-27(26)32)18-36-30(38)24-6-3-13-35-29(24)34-12-1-4-19-7-9-23-21(14-19)16-28(37)25(23)17-22-5-2-11-33-22/h1-4,6-11,13-15,17H,5,12,16,18H2,(H,34,35)(H,36,38)/b4-1+,25-17-. The molecule has 190 valence electrons. The van der Waals surface area contributed by atoms with Crippen LogP contribution in [0.3, 0.4) is 0 Å². The Labute approximate surface area is 218 Å². The molecule has 0 atom stereocenters. The molecule has 0 bridgehead atoms. The average molecular weight is 511 g/mol. The van der Waals surface area contributed by atoms with Gasteiger partial charge in [0.1, 0.15) is 5.82 Å². The first kappa shape index (κ1) is 25.0. The SMILES string of the molecule is O=C1Cc2cc(/C=C/CNc3ncccc3C(=O)NCc3ccc(F)c(F)c3)ccc2/C1=C/C1=NC=CC1. The smallest absolute Gasteiger partial charge is 0.255 e. The number of nitrogens with zero attached hydrogens (tertiary/aromatic N) is 2. The Morgan fingerprint density at radius 3 is 2.79 bits per heavy atom. The van der Waals surface area contributed by atoms with Gasteiger partial charge in [0.15, 0.2) is 17.4 Å². The summed E-state index contributed by atoms with van der Waals surface area (Å²) in [6, 6.07) is 12.7. The second-order valence-electron chi connectivity index (χ2n) is 8.90. The van der Waals surface area contributed by atoms with Gasteiger partial charge in [-0.15, -0.1) is 0 Å². The number of anilines is 1. The molecule has 2 aliphatic rings. The number of carbonyl (C=O) groups is 2. The van der Waals surface area contributed by atoms with E-state index in [1.54, 1.807) is 24.5 Å².